The fourth-order valence-electron chi connectivity index (χ4n) is 8.64. The van der Waals surface area contributed by atoms with Crippen LogP contribution in [0.4, 0.5) is 11.4 Å². The van der Waals surface area contributed by atoms with Crippen molar-refractivity contribution >= 4 is 70.2 Å². The summed E-state index contributed by atoms with van der Waals surface area (Å²) in [6.07, 6.45) is 4.75. The molecule has 9 aromatic rings. The van der Waals surface area contributed by atoms with Gasteiger partial charge in [0, 0.05) is 12.4 Å². The number of nitrogens with zero attached hydrogens (tertiary/aromatic N) is 2. The minimum absolute atomic E-state index is 0.107. The van der Waals surface area contributed by atoms with Gasteiger partial charge in [0.25, 0.3) is 0 Å². The van der Waals surface area contributed by atoms with Crippen molar-refractivity contribution in [1.29, 1.82) is 0 Å². The summed E-state index contributed by atoms with van der Waals surface area (Å²) in [5, 5.41) is 34.6. The molecule has 0 aliphatic rings. The Morgan fingerprint density at radius 2 is 0.562 bits per heavy atom. The van der Waals surface area contributed by atoms with Gasteiger partial charge >= 0.3 is 0 Å². The first-order valence-electron chi connectivity index (χ1n) is 21.4. The van der Waals surface area contributed by atoms with Gasteiger partial charge in [-0.05, 0) is 119 Å². The molecule has 0 saturated carbocycles. The maximum Gasteiger partial charge on any atom is 0.116 e. The van der Waals surface area contributed by atoms with Gasteiger partial charge in [0.2, 0.25) is 0 Å². The highest BCUT2D eigenvalue weighted by Crippen LogP contribution is 2.59. The van der Waals surface area contributed by atoms with Gasteiger partial charge in [-0.25, -0.2) is 0 Å². The van der Waals surface area contributed by atoms with Gasteiger partial charge in [-0.15, -0.1) is 11.5 Å². The lowest BCUT2D eigenvalue weighted by molar-refractivity contribution is -0.269. The molecule has 0 amide bonds. The quantitative estimate of drug-likeness (QED) is 0.0807. The molecule has 0 fully saturated rings. The van der Waals surface area contributed by atoms with Crippen molar-refractivity contribution in [2.24, 2.45) is 9.98 Å². The molecule has 310 valence electrons. The number of rotatable bonds is 14. The lowest BCUT2D eigenvalue weighted by Crippen LogP contribution is -2.32. The van der Waals surface area contributed by atoms with Crippen LogP contribution in [-0.4, -0.2) is 12.4 Å². The molecule has 0 N–H and O–H groups in total. The van der Waals surface area contributed by atoms with Crippen molar-refractivity contribution in [3.05, 3.63) is 265 Å². The number of benzene rings is 9. The molecule has 64 heavy (non-hydrogen) atoms. The molecule has 4 nitrogen and oxygen atoms in total. The zero-order chi connectivity index (χ0) is 43.6. The van der Waals surface area contributed by atoms with E-state index in [9.17, 15) is 10.2 Å². The van der Waals surface area contributed by atoms with E-state index in [2.05, 4.69) is 182 Å². The van der Waals surface area contributed by atoms with Crippen molar-refractivity contribution < 1.29 is 10.2 Å². The van der Waals surface area contributed by atoms with Crippen molar-refractivity contribution in [2.45, 2.75) is 12.3 Å². The lowest BCUT2D eigenvalue weighted by Gasteiger charge is -2.28. The van der Waals surface area contributed by atoms with Gasteiger partial charge in [-0.2, -0.15) is 0 Å². The van der Waals surface area contributed by atoms with E-state index in [4.69, 9.17) is 9.98 Å². The Labute approximate surface area is 377 Å². The number of hydrogen-bond donors (Lipinski definition) is 0. The highest BCUT2D eigenvalue weighted by atomic mass is 31.2. The molecule has 9 aromatic carbocycles. The zero-order valence-electron chi connectivity index (χ0n) is 35.3. The maximum atomic E-state index is 13.5. The maximum absolute atomic E-state index is 13.5. The molecule has 0 bridgehead atoms. The Morgan fingerprint density at radius 1 is 0.312 bits per heavy atom. The normalized spacial score (nSPS) is 11.9. The second-order valence-electron chi connectivity index (χ2n) is 15.7. The van der Waals surface area contributed by atoms with Gasteiger partial charge in [0.05, 0.1) is 23.7 Å². The molecule has 0 saturated heterocycles. The van der Waals surface area contributed by atoms with Crippen LogP contribution in [0.5, 0.6) is 11.5 Å². The van der Waals surface area contributed by atoms with E-state index in [1.165, 1.54) is 31.8 Å². The first-order valence-corrected chi connectivity index (χ1v) is 25.3. The summed E-state index contributed by atoms with van der Waals surface area (Å²) < 4.78 is 0. The monoisotopic (exact) mass is 864 g/mol. The summed E-state index contributed by atoms with van der Waals surface area (Å²) in [6, 6.07) is 83.2. The predicted octanol–water partition coefficient (Wildman–Crippen LogP) is 10.3. The van der Waals surface area contributed by atoms with Crippen molar-refractivity contribution in [1.82, 2.24) is 0 Å². The highest BCUT2D eigenvalue weighted by molar-refractivity contribution is 7.95. The number of para-hydroxylation sites is 2. The molecular weight excluding hydrogens is 819 g/mol. The summed E-state index contributed by atoms with van der Waals surface area (Å²) >= 11 is 0. The first kappa shape index (κ1) is 42.1. The van der Waals surface area contributed by atoms with E-state index in [1.807, 2.05) is 48.5 Å². The molecule has 0 unspecified atom stereocenters. The molecule has 0 aliphatic carbocycles. The largest absolute Gasteiger partial charge is 0.872 e. The summed E-state index contributed by atoms with van der Waals surface area (Å²) in [4.78, 5) is 9.69. The van der Waals surface area contributed by atoms with Crippen LogP contribution in [-0.2, 0) is 12.3 Å². The molecule has 0 aliphatic heterocycles. The molecule has 0 atom stereocenters. The Balaban J connectivity index is 1.03. The van der Waals surface area contributed by atoms with E-state index >= 15 is 0 Å². The molecule has 0 radical (unpaired) electrons. The second-order valence-corrected chi connectivity index (χ2v) is 22.7. The summed E-state index contributed by atoms with van der Waals surface area (Å²) in [7, 11) is -4.38. The van der Waals surface area contributed by atoms with Crippen LogP contribution < -0.4 is 42.0 Å². The van der Waals surface area contributed by atoms with Crippen LogP contribution in [0.25, 0.3) is 0 Å². The average molecular weight is 865 g/mol. The van der Waals surface area contributed by atoms with Crippen LogP contribution in [0, 0.1) is 0 Å². The minimum atomic E-state index is -2.19. The highest BCUT2D eigenvalue weighted by Gasteiger charge is 2.46. The first-order chi connectivity index (χ1) is 31.5. The zero-order valence-corrected chi connectivity index (χ0v) is 37.1. The fourth-order valence-corrected chi connectivity index (χ4v) is 17.1. The van der Waals surface area contributed by atoms with Crippen LogP contribution in [0.1, 0.15) is 22.3 Å². The Hall–Kier alpha value is -7.22. The van der Waals surface area contributed by atoms with E-state index < -0.39 is 14.5 Å². The van der Waals surface area contributed by atoms with Crippen molar-refractivity contribution in [3.63, 3.8) is 0 Å². The van der Waals surface area contributed by atoms with Crippen LogP contribution in [0.3, 0.4) is 0 Å². The third-order valence-electron chi connectivity index (χ3n) is 11.7. The van der Waals surface area contributed by atoms with Crippen LogP contribution in [0.15, 0.2) is 253 Å². The Kier molecular flexibility index (Phi) is 12.8. The van der Waals surface area contributed by atoms with E-state index in [0.717, 1.165) is 23.5 Å². The number of aliphatic imine (C=N–C) groups is 2. The van der Waals surface area contributed by atoms with Crippen molar-refractivity contribution in [3.8, 4) is 11.5 Å². The molecule has 6 heteroatoms. The van der Waals surface area contributed by atoms with Gasteiger partial charge < -0.3 is 10.2 Å². The van der Waals surface area contributed by atoms with Gasteiger partial charge in [-0.1, -0.05) is 146 Å². The average Bonchev–Trinajstić information content (AvgIpc) is 3.37. The van der Waals surface area contributed by atoms with E-state index in [0.29, 0.717) is 22.5 Å². The summed E-state index contributed by atoms with van der Waals surface area (Å²) in [5.74, 6) is -0.213. The second kappa shape index (κ2) is 19.4. The molecule has 9 rings (SSSR count). The van der Waals surface area contributed by atoms with Crippen LogP contribution in [0.2, 0.25) is 0 Å². The predicted molar refractivity (Wildman–Crippen MR) is 270 cm³/mol. The number of hydrogen-bond acceptors (Lipinski definition) is 4. The van der Waals surface area contributed by atoms with Gasteiger partial charge in [0.1, 0.15) is 46.4 Å². The molecule has 0 spiro atoms. The van der Waals surface area contributed by atoms with E-state index in [1.54, 1.807) is 24.6 Å². The van der Waals surface area contributed by atoms with Crippen molar-refractivity contribution in [2.75, 3.05) is 0 Å². The third-order valence-corrected chi connectivity index (χ3v) is 20.5. The smallest absolute Gasteiger partial charge is 0.116 e. The van der Waals surface area contributed by atoms with Crippen LogP contribution >= 0.6 is 14.5 Å². The standard InChI is InChI=1S/C58H46N2O2P2/c61-57-37-35-45(43-63(49-21-7-1-8-22-49,50-23-9-2-10-24-50)51-25-11-3-12-26-51)39-47(57)41-59-55-33-19-20-34-56(55)60-42-48-40-46(36-38-58(48)62)44-64(52-27-13-4-14-28-52,53-29-15-5-16-30-53)54-31-17-6-18-32-54/h1-42H,43-44H2. The third kappa shape index (κ3) is 8.85. The minimum Gasteiger partial charge on any atom is -0.872 e. The molecule has 0 heterocycles. The Bertz CT molecular complexity index is 2600. The topological polar surface area (TPSA) is 70.8 Å². The van der Waals surface area contributed by atoms with E-state index in [-0.39, 0.29) is 11.5 Å². The lowest BCUT2D eigenvalue weighted by atomic mass is 10.1. The molecular formula is C58H46N2O2P2. The fraction of sp³-hybridized carbons (Fsp3) is 0.0345. The van der Waals surface area contributed by atoms with Gasteiger partial charge in [0.15, 0.2) is 0 Å². The Morgan fingerprint density at radius 3 is 0.828 bits per heavy atom. The van der Waals surface area contributed by atoms with Gasteiger partial charge in [-0.3, -0.25) is 9.98 Å². The summed E-state index contributed by atoms with van der Waals surface area (Å²) in [6.45, 7) is 0. The SMILES string of the molecule is [O-]c1ccc(C[P+](c2ccccc2)(c2ccccc2)c2ccccc2)cc1C=Nc1ccccc1N=Cc1cc(C[P+](c2ccccc2)(c2ccccc2)c2ccccc2)ccc1[O-]. The summed E-state index contributed by atoms with van der Waals surface area (Å²) in [5.41, 5.74) is 4.29. The molecule has 0 aromatic heterocycles.